The molecule has 0 radical (unpaired) electrons. The summed E-state index contributed by atoms with van der Waals surface area (Å²) in [4.78, 5) is 14.2. The molecule has 0 saturated heterocycles. The highest BCUT2D eigenvalue weighted by Gasteiger charge is 2.30. The summed E-state index contributed by atoms with van der Waals surface area (Å²) in [6.07, 6.45) is 0. The molecule has 3 rings (SSSR count). The Morgan fingerprint density at radius 3 is 2.56 bits per heavy atom. The molecule has 1 aliphatic heterocycles. The van der Waals surface area contributed by atoms with Crippen LogP contribution in [0.25, 0.3) is 0 Å². The number of nitrogens with one attached hydrogen (secondary N) is 1. The minimum absolute atomic E-state index is 0.00949. The first-order chi connectivity index (χ1) is 8.81. The monoisotopic (exact) mass is 239 g/mol. The van der Waals surface area contributed by atoms with Crippen molar-refractivity contribution in [2.45, 2.75) is 6.54 Å². The van der Waals surface area contributed by atoms with Gasteiger partial charge in [-0.2, -0.15) is 0 Å². The highest BCUT2D eigenvalue weighted by Crippen LogP contribution is 2.32. The van der Waals surface area contributed by atoms with Crippen LogP contribution >= 0.6 is 0 Å². The third-order valence-corrected chi connectivity index (χ3v) is 3.16. The number of amides is 1. The smallest absolute Gasteiger partial charge is 0.261 e. The van der Waals surface area contributed by atoms with Crippen LogP contribution in [0.5, 0.6) is 0 Å². The van der Waals surface area contributed by atoms with Crippen LogP contribution < -0.4 is 16.2 Å². The number of nitrogen functional groups attached to an aromatic ring is 1. The standard InChI is InChI=1S/C14H13N3O/c15-16-12-8-4-5-10-9-17(14(18)13(10)12)11-6-2-1-3-7-11/h1-8,16H,9,15H2. The summed E-state index contributed by atoms with van der Waals surface area (Å²) in [7, 11) is 0. The molecule has 0 aromatic heterocycles. The van der Waals surface area contributed by atoms with Crippen molar-refractivity contribution in [1.29, 1.82) is 0 Å². The molecule has 4 heteroatoms. The molecule has 0 atom stereocenters. The molecule has 0 saturated carbocycles. The first kappa shape index (κ1) is 10.8. The van der Waals surface area contributed by atoms with Crippen LogP contribution in [-0.2, 0) is 6.54 Å². The quantitative estimate of drug-likeness (QED) is 0.623. The minimum Gasteiger partial charge on any atom is -0.323 e. The Bertz CT molecular complexity index is 595. The Morgan fingerprint density at radius 2 is 1.83 bits per heavy atom. The van der Waals surface area contributed by atoms with Crippen molar-refractivity contribution in [3.8, 4) is 0 Å². The van der Waals surface area contributed by atoms with Gasteiger partial charge in [-0.25, -0.2) is 0 Å². The molecule has 0 fully saturated rings. The Kier molecular flexibility index (Phi) is 2.50. The Hall–Kier alpha value is -2.33. The largest absolute Gasteiger partial charge is 0.323 e. The summed E-state index contributed by atoms with van der Waals surface area (Å²) in [5.41, 5.74) is 5.83. The number of carbonyl (C=O) groups is 1. The zero-order chi connectivity index (χ0) is 12.5. The number of carbonyl (C=O) groups excluding carboxylic acids is 1. The predicted molar refractivity (Wildman–Crippen MR) is 71.2 cm³/mol. The van der Waals surface area contributed by atoms with E-state index in [-0.39, 0.29) is 5.91 Å². The Balaban J connectivity index is 2.05. The lowest BCUT2D eigenvalue weighted by molar-refractivity contribution is 0.0997. The van der Waals surface area contributed by atoms with Gasteiger partial charge in [0.05, 0.1) is 17.8 Å². The number of nitrogens with zero attached hydrogens (tertiary/aromatic N) is 1. The molecule has 1 aliphatic rings. The van der Waals surface area contributed by atoms with Crippen LogP contribution in [0.4, 0.5) is 11.4 Å². The van der Waals surface area contributed by atoms with Crippen molar-refractivity contribution in [2.24, 2.45) is 5.84 Å². The van der Waals surface area contributed by atoms with Gasteiger partial charge >= 0.3 is 0 Å². The number of anilines is 2. The summed E-state index contributed by atoms with van der Waals surface area (Å²) in [6.45, 7) is 0.591. The number of hydrazine groups is 1. The molecule has 90 valence electrons. The molecular formula is C14H13N3O. The SMILES string of the molecule is NNc1cccc2c1C(=O)N(c1ccccc1)C2. The van der Waals surface area contributed by atoms with Gasteiger partial charge in [0.25, 0.3) is 5.91 Å². The molecule has 1 amide bonds. The molecule has 18 heavy (non-hydrogen) atoms. The molecule has 0 unspecified atom stereocenters. The molecule has 4 nitrogen and oxygen atoms in total. The number of nitrogens with two attached hydrogens (primary N) is 1. The van der Waals surface area contributed by atoms with E-state index >= 15 is 0 Å². The van der Waals surface area contributed by atoms with Crippen molar-refractivity contribution in [3.05, 3.63) is 59.7 Å². The molecule has 0 aliphatic carbocycles. The highest BCUT2D eigenvalue weighted by molar-refractivity contribution is 6.13. The maximum absolute atomic E-state index is 12.4. The maximum atomic E-state index is 12.4. The van der Waals surface area contributed by atoms with E-state index in [1.165, 1.54) is 0 Å². The Labute approximate surface area is 105 Å². The van der Waals surface area contributed by atoms with Gasteiger partial charge in [-0.1, -0.05) is 30.3 Å². The molecule has 2 aromatic carbocycles. The van der Waals surface area contributed by atoms with Crippen LogP contribution in [0, 0.1) is 0 Å². The zero-order valence-electron chi connectivity index (χ0n) is 9.76. The highest BCUT2D eigenvalue weighted by atomic mass is 16.2. The van der Waals surface area contributed by atoms with Gasteiger partial charge in [0.15, 0.2) is 0 Å². The van der Waals surface area contributed by atoms with Gasteiger partial charge in [-0.05, 0) is 23.8 Å². The van der Waals surface area contributed by atoms with Crippen LogP contribution in [0.1, 0.15) is 15.9 Å². The van der Waals surface area contributed by atoms with Crippen molar-refractivity contribution in [1.82, 2.24) is 0 Å². The van der Waals surface area contributed by atoms with Crippen molar-refractivity contribution in [3.63, 3.8) is 0 Å². The number of rotatable bonds is 2. The molecular weight excluding hydrogens is 226 g/mol. The van der Waals surface area contributed by atoms with Gasteiger partial charge in [-0.15, -0.1) is 0 Å². The van der Waals surface area contributed by atoms with Crippen LogP contribution in [0.2, 0.25) is 0 Å². The second kappa shape index (κ2) is 4.16. The van der Waals surface area contributed by atoms with E-state index < -0.39 is 0 Å². The van der Waals surface area contributed by atoms with Crippen LogP contribution in [0.15, 0.2) is 48.5 Å². The lowest BCUT2D eigenvalue weighted by Gasteiger charge is -2.15. The molecule has 1 heterocycles. The van der Waals surface area contributed by atoms with Gasteiger partial charge in [-0.3, -0.25) is 10.6 Å². The number of hydrogen-bond donors (Lipinski definition) is 2. The van der Waals surface area contributed by atoms with E-state index in [2.05, 4.69) is 5.43 Å². The van der Waals surface area contributed by atoms with Crippen LogP contribution in [0.3, 0.4) is 0 Å². The van der Waals surface area contributed by atoms with Gasteiger partial charge in [0, 0.05) is 5.69 Å². The van der Waals surface area contributed by atoms with E-state index in [4.69, 9.17) is 5.84 Å². The number of benzene rings is 2. The fourth-order valence-electron chi connectivity index (χ4n) is 2.30. The second-order valence-corrected chi connectivity index (χ2v) is 4.21. The summed E-state index contributed by atoms with van der Waals surface area (Å²) < 4.78 is 0. The summed E-state index contributed by atoms with van der Waals surface area (Å²) >= 11 is 0. The van der Waals surface area contributed by atoms with E-state index in [9.17, 15) is 4.79 Å². The molecule has 3 N–H and O–H groups in total. The summed E-state index contributed by atoms with van der Waals surface area (Å²) in [5, 5.41) is 0. The van der Waals surface area contributed by atoms with E-state index in [0.29, 0.717) is 17.8 Å². The average molecular weight is 239 g/mol. The van der Waals surface area contributed by atoms with Crippen molar-refractivity contribution < 1.29 is 4.79 Å². The fraction of sp³-hybridized carbons (Fsp3) is 0.0714. The first-order valence-corrected chi connectivity index (χ1v) is 5.76. The fourth-order valence-corrected chi connectivity index (χ4v) is 2.30. The minimum atomic E-state index is -0.00949. The van der Waals surface area contributed by atoms with Gasteiger partial charge < -0.3 is 10.3 Å². The van der Waals surface area contributed by atoms with Gasteiger partial charge in [0.2, 0.25) is 0 Å². The van der Waals surface area contributed by atoms with Crippen molar-refractivity contribution in [2.75, 3.05) is 10.3 Å². The third-order valence-electron chi connectivity index (χ3n) is 3.16. The lowest BCUT2D eigenvalue weighted by Crippen LogP contribution is -2.23. The average Bonchev–Trinajstić information content (AvgIpc) is 2.77. The maximum Gasteiger partial charge on any atom is 0.261 e. The summed E-state index contributed by atoms with van der Waals surface area (Å²) in [5.74, 6) is 5.44. The van der Waals surface area contributed by atoms with E-state index in [1.807, 2.05) is 48.5 Å². The predicted octanol–water partition coefficient (Wildman–Crippen LogP) is 2.13. The Morgan fingerprint density at radius 1 is 1.06 bits per heavy atom. The lowest BCUT2D eigenvalue weighted by atomic mass is 10.1. The molecule has 2 aromatic rings. The summed E-state index contributed by atoms with van der Waals surface area (Å²) in [6, 6.07) is 15.3. The normalized spacial score (nSPS) is 13.6. The van der Waals surface area contributed by atoms with E-state index in [1.54, 1.807) is 4.90 Å². The molecule has 0 spiro atoms. The third kappa shape index (κ3) is 1.55. The molecule has 0 bridgehead atoms. The number of fused-ring (bicyclic) bond motifs is 1. The first-order valence-electron chi connectivity index (χ1n) is 5.76. The van der Waals surface area contributed by atoms with Crippen LogP contribution in [-0.4, -0.2) is 5.91 Å². The van der Waals surface area contributed by atoms with E-state index in [0.717, 1.165) is 11.3 Å². The van der Waals surface area contributed by atoms with Gasteiger partial charge in [0.1, 0.15) is 0 Å². The topological polar surface area (TPSA) is 58.4 Å². The number of hydrogen-bond acceptors (Lipinski definition) is 3. The van der Waals surface area contributed by atoms with Crippen molar-refractivity contribution >= 4 is 17.3 Å². The number of para-hydroxylation sites is 1. The second-order valence-electron chi connectivity index (χ2n) is 4.21. The zero-order valence-corrected chi connectivity index (χ0v) is 9.76.